The van der Waals surface area contributed by atoms with Gasteiger partial charge in [0, 0.05) is 24.2 Å². The van der Waals surface area contributed by atoms with Crippen LogP contribution in [0.5, 0.6) is 0 Å². The standard InChI is InChI=1S/C15H21ClN2O/c1-15(2,11-4-3-5-12(16)10-11)14(19)18-8-6-13(17)7-9-18/h3-5,10,13H,6-9,17H2,1-2H3. The molecule has 0 aromatic heterocycles. The summed E-state index contributed by atoms with van der Waals surface area (Å²) in [7, 11) is 0. The summed E-state index contributed by atoms with van der Waals surface area (Å²) in [6, 6.07) is 7.78. The van der Waals surface area contributed by atoms with Crippen LogP contribution >= 0.6 is 11.6 Å². The number of carbonyl (C=O) groups excluding carboxylic acids is 1. The maximum atomic E-state index is 12.7. The van der Waals surface area contributed by atoms with Gasteiger partial charge in [-0.15, -0.1) is 0 Å². The molecule has 0 atom stereocenters. The first kappa shape index (κ1) is 14.4. The summed E-state index contributed by atoms with van der Waals surface area (Å²) in [6.07, 6.45) is 1.77. The van der Waals surface area contributed by atoms with E-state index in [-0.39, 0.29) is 11.9 Å². The van der Waals surface area contributed by atoms with Gasteiger partial charge in [-0.1, -0.05) is 23.7 Å². The smallest absolute Gasteiger partial charge is 0.232 e. The van der Waals surface area contributed by atoms with Gasteiger partial charge in [-0.2, -0.15) is 0 Å². The van der Waals surface area contributed by atoms with E-state index in [1.54, 1.807) is 0 Å². The van der Waals surface area contributed by atoms with E-state index in [0.717, 1.165) is 31.5 Å². The van der Waals surface area contributed by atoms with Crippen LogP contribution in [0.15, 0.2) is 24.3 Å². The second kappa shape index (κ2) is 5.51. The van der Waals surface area contributed by atoms with Crippen molar-refractivity contribution >= 4 is 17.5 Å². The SMILES string of the molecule is CC(C)(C(=O)N1CCC(N)CC1)c1cccc(Cl)c1. The molecular weight excluding hydrogens is 260 g/mol. The number of amides is 1. The molecule has 1 saturated heterocycles. The lowest BCUT2D eigenvalue weighted by Gasteiger charge is -2.36. The molecule has 0 spiro atoms. The summed E-state index contributed by atoms with van der Waals surface area (Å²) in [6.45, 7) is 5.42. The molecule has 2 rings (SSSR count). The van der Waals surface area contributed by atoms with Gasteiger partial charge in [-0.25, -0.2) is 0 Å². The van der Waals surface area contributed by atoms with Crippen LogP contribution in [0.25, 0.3) is 0 Å². The molecule has 1 heterocycles. The summed E-state index contributed by atoms with van der Waals surface area (Å²) >= 11 is 6.02. The Morgan fingerprint density at radius 2 is 2.00 bits per heavy atom. The summed E-state index contributed by atoms with van der Waals surface area (Å²) < 4.78 is 0. The van der Waals surface area contributed by atoms with Crippen molar-refractivity contribution in [3.8, 4) is 0 Å². The molecule has 1 amide bonds. The Morgan fingerprint density at radius 1 is 1.37 bits per heavy atom. The van der Waals surface area contributed by atoms with Crippen LogP contribution in [0, 0.1) is 0 Å². The van der Waals surface area contributed by atoms with Crippen molar-refractivity contribution < 1.29 is 4.79 Å². The zero-order valence-electron chi connectivity index (χ0n) is 11.5. The van der Waals surface area contributed by atoms with Crippen molar-refractivity contribution in [2.45, 2.75) is 38.1 Å². The number of halogens is 1. The Hall–Kier alpha value is -1.06. The molecule has 1 fully saturated rings. The van der Waals surface area contributed by atoms with Gasteiger partial charge in [-0.3, -0.25) is 4.79 Å². The first-order valence-corrected chi connectivity index (χ1v) is 7.10. The average molecular weight is 281 g/mol. The highest BCUT2D eigenvalue weighted by atomic mass is 35.5. The lowest BCUT2D eigenvalue weighted by molar-refractivity contribution is -0.137. The molecule has 0 saturated carbocycles. The van der Waals surface area contributed by atoms with E-state index in [0.29, 0.717) is 5.02 Å². The van der Waals surface area contributed by atoms with E-state index in [1.165, 1.54) is 0 Å². The number of nitrogens with two attached hydrogens (primary N) is 1. The van der Waals surface area contributed by atoms with Crippen LogP contribution in [-0.4, -0.2) is 29.9 Å². The van der Waals surface area contributed by atoms with Crippen LogP contribution in [0.1, 0.15) is 32.3 Å². The highest BCUT2D eigenvalue weighted by Crippen LogP contribution is 2.28. The van der Waals surface area contributed by atoms with Crippen LogP contribution < -0.4 is 5.73 Å². The Morgan fingerprint density at radius 3 is 2.58 bits per heavy atom. The quantitative estimate of drug-likeness (QED) is 0.905. The monoisotopic (exact) mass is 280 g/mol. The van der Waals surface area contributed by atoms with E-state index in [9.17, 15) is 4.79 Å². The summed E-state index contributed by atoms with van der Waals surface area (Å²) in [4.78, 5) is 14.6. The molecule has 1 aliphatic heterocycles. The van der Waals surface area contributed by atoms with Gasteiger partial charge in [0.25, 0.3) is 0 Å². The summed E-state index contributed by atoms with van der Waals surface area (Å²) in [5.74, 6) is 0.154. The zero-order valence-corrected chi connectivity index (χ0v) is 12.3. The molecule has 1 aliphatic rings. The van der Waals surface area contributed by atoms with E-state index in [4.69, 9.17) is 17.3 Å². The van der Waals surface area contributed by atoms with Crippen molar-refractivity contribution in [3.05, 3.63) is 34.9 Å². The van der Waals surface area contributed by atoms with E-state index in [1.807, 2.05) is 43.0 Å². The number of rotatable bonds is 2. The fourth-order valence-electron chi connectivity index (χ4n) is 2.50. The highest BCUT2D eigenvalue weighted by Gasteiger charge is 2.35. The van der Waals surface area contributed by atoms with Crippen molar-refractivity contribution in [3.63, 3.8) is 0 Å². The average Bonchev–Trinajstić information content (AvgIpc) is 2.39. The molecule has 19 heavy (non-hydrogen) atoms. The van der Waals surface area contributed by atoms with Gasteiger partial charge < -0.3 is 10.6 Å². The Labute approximate surface area is 119 Å². The molecule has 104 valence electrons. The first-order valence-electron chi connectivity index (χ1n) is 6.72. The maximum absolute atomic E-state index is 12.7. The Kier molecular flexibility index (Phi) is 4.16. The minimum absolute atomic E-state index is 0.154. The predicted octanol–water partition coefficient (Wildman–Crippen LogP) is 2.57. The number of nitrogens with zero attached hydrogens (tertiary/aromatic N) is 1. The number of likely N-dealkylation sites (tertiary alicyclic amines) is 1. The number of benzene rings is 1. The largest absolute Gasteiger partial charge is 0.342 e. The Balaban J connectivity index is 2.17. The van der Waals surface area contributed by atoms with Gasteiger partial charge in [0.1, 0.15) is 0 Å². The topological polar surface area (TPSA) is 46.3 Å². The highest BCUT2D eigenvalue weighted by molar-refractivity contribution is 6.30. The lowest BCUT2D eigenvalue weighted by atomic mass is 9.82. The van der Waals surface area contributed by atoms with E-state index in [2.05, 4.69) is 0 Å². The molecule has 0 aliphatic carbocycles. The van der Waals surface area contributed by atoms with Gasteiger partial charge in [0.2, 0.25) is 5.91 Å². The van der Waals surface area contributed by atoms with Gasteiger partial charge in [-0.05, 0) is 44.4 Å². The minimum atomic E-state index is -0.549. The third-order valence-electron chi connectivity index (χ3n) is 3.91. The molecule has 4 heteroatoms. The van der Waals surface area contributed by atoms with Crippen LogP contribution in [0.4, 0.5) is 0 Å². The third-order valence-corrected chi connectivity index (χ3v) is 4.14. The molecule has 0 radical (unpaired) electrons. The fraction of sp³-hybridized carbons (Fsp3) is 0.533. The van der Waals surface area contributed by atoms with Crippen molar-refractivity contribution in [2.24, 2.45) is 5.73 Å². The first-order chi connectivity index (χ1) is 8.91. The summed E-state index contributed by atoms with van der Waals surface area (Å²) in [5.41, 5.74) is 6.29. The number of hydrogen-bond acceptors (Lipinski definition) is 2. The molecule has 0 bridgehead atoms. The van der Waals surface area contributed by atoms with E-state index >= 15 is 0 Å². The third kappa shape index (κ3) is 3.10. The molecule has 2 N–H and O–H groups in total. The van der Waals surface area contributed by atoms with Gasteiger partial charge in [0.15, 0.2) is 0 Å². The van der Waals surface area contributed by atoms with Crippen molar-refractivity contribution in [1.29, 1.82) is 0 Å². The van der Waals surface area contributed by atoms with E-state index < -0.39 is 5.41 Å². The predicted molar refractivity (Wildman–Crippen MR) is 78.3 cm³/mol. The molecule has 1 aromatic carbocycles. The molecule has 1 aromatic rings. The second-order valence-corrected chi connectivity index (χ2v) is 6.20. The van der Waals surface area contributed by atoms with Crippen molar-refractivity contribution in [2.75, 3.05) is 13.1 Å². The molecule has 3 nitrogen and oxygen atoms in total. The zero-order chi connectivity index (χ0) is 14.0. The van der Waals surface area contributed by atoms with Crippen LogP contribution in [-0.2, 0) is 10.2 Å². The number of piperidine rings is 1. The summed E-state index contributed by atoms with van der Waals surface area (Å²) in [5, 5.41) is 0.666. The van der Waals surface area contributed by atoms with Gasteiger partial charge >= 0.3 is 0 Å². The Bertz CT molecular complexity index is 465. The second-order valence-electron chi connectivity index (χ2n) is 5.76. The lowest BCUT2D eigenvalue weighted by Crippen LogP contribution is -2.49. The fourth-order valence-corrected chi connectivity index (χ4v) is 2.69. The minimum Gasteiger partial charge on any atom is -0.342 e. The van der Waals surface area contributed by atoms with Gasteiger partial charge in [0.05, 0.1) is 5.41 Å². The van der Waals surface area contributed by atoms with Crippen molar-refractivity contribution in [1.82, 2.24) is 4.90 Å². The van der Waals surface area contributed by atoms with Crippen LogP contribution in [0.2, 0.25) is 5.02 Å². The van der Waals surface area contributed by atoms with Crippen LogP contribution in [0.3, 0.4) is 0 Å². The maximum Gasteiger partial charge on any atom is 0.232 e. The number of carbonyl (C=O) groups is 1. The molecular formula is C15H21ClN2O. The molecule has 0 unspecified atom stereocenters. The number of hydrogen-bond donors (Lipinski definition) is 1. The normalized spacial score (nSPS) is 17.6.